The summed E-state index contributed by atoms with van der Waals surface area (Å²) in [7, 11) is 1.98. The Balaban J connectivity index is 3.12. The molecule has 0 heterocycles. The Morgan fingerprint density at radius 2 is 2.08 bits per heavy atom. The van der Waals surface area contributed by atoms with Crippen molar-refractivity contribution < 1.29 is 0 Å². The van der Waals surface area contributed by atoms with E-state index >= 15 is 0 Å². The van der Waals surface area contributed by atoms with Crippen LogP contribution < -0.4 is 5.32 Å². The zero-order chi connectivity index (χ0) is 9.14. The van der Waals surface area contributed by atoms with Crippen LogP contribution in [0.4, 0.5) is 0 Å². The lowest BCUT2D eigenvalue weighted by atomic mass is 10.0. The van der Waals surface area contributed by atoms with Crippen molar-refractivity contribution in [1.29, 1.82) is 0 Å². The predicted octanol–water partition coefficient (Wildman–Crippen LogP) is 3.04. The van der Waals surface area contributed by atoms with Crippen molar-refractivity contribution in [1.82, 2.24) is 5.32 Å². The summed E-state index contributed by atoms with van der Waals surface area (Å²) in [5.74, 6) is 0. The summed E-state index contributed by atoms with van der Waals surface area (Å²) in [6.07, 6.45) is 0. The summed E-state index contributed by atoms with van der Waals surface area (Å²) < 4.78 is 1.18. The smallest absolute Gasteiger partial charge is 0.0302 e. The Labute approximate surface area is 82.3 Å². The van der Waals surface area contributed by atoms with Gasteiger partial charge in [-0.05, 0) is 38.1 Å². The molecule has 0 spiro atoms. The highest BCUT2D eigenvalue weighted by Gasteiger charge is 2.08. The van der Waals surface area contributed by atoms with E-state index in [9.17, 15) is 0 Å². The third-order valence-corrected chi connectivity index (χ3v) is 2.83. The van der Waals surface area contributed by atoms with E-state index < -0.39 is 0 Å². The average Bonchev–Trinajstić information content (AvgIpc) is 2.03. The second-order valence-electron chi connectivity index (χ2n) is 2.98. The maximum atomic E-state index is 3.55. The Morgan fingerprint density at radius 3 is 2.58 bits per heavy atom. The molecule has 1 rings (SSSR count). The molecule has 2 heteroatoms. The van der Waals surface area contributed by atoms with Gasteiger partial charge in [0.25, 0.3) is 0 Å². The molecule has 0 unspecified atom stereocenters. The number of aryl methyl sites for hydroxylation is 1. The highest BCUT2D eigenvalue weighted by Crippen LogP contribution is 2.25. The maximum Gasteiger partial charge on any atom is 0.0302 e. The maximum absolute atomic E-state index is 3.55. The minimum Gasteiger partial charge on any atom is -0.313 e. The van der Waals surface area contributed by atoms with E-state index in [1.54, 1.807) is 0 Å². The van der Waals surface area contributed by atoms with Crippen molar-refractivity contribution in [3.63, 3.8) is 0 Å². The van der Waals surface area contributed by atoms with E-state index in [0.29, 0.717) is 6.04 Å². The van der Waals surface area contributed by atoms with Crippen LogP contribution in [0.15, 0.2) is 22.7 Å². The zero-order valence-electron chi connectivity index (χ0n) is 7.69. The molecule has 0 saturated carbocycles. The standard InChI is InChI=1S/C10H14BrN/c1-7-5-4-6-9(11)10(7)8(2)12-3/h4-6,8,12H,1-3H3/t8-/m0/s1. The lowest BCUT2D eigenvalue weighted by Gasteiger charge is -2.15. The minimum absolute atomic E-state index is 0.403. The largest absolute Gasteiger partial charge is 0.313 e. The van der Waals surface area contributed by atoms with Gasteiger partial charge < -0.3 is 5.32 Å². The Bertz CT molecular complexity index is 250. The SMILES string of the molecule is CN[C@@H](C)c1c(C)cccc1Br. The van der Waals surface area contributed by atoms with Crippen LogP contribution in [-0.2, 0) is 0 Å². The molecule has 0 aliphatic rings. The molecule has 1 atom stereocenters. The lowest BCUT2D eigenvalue weighted by molar-refractivity contribution is 0.645. The van der Waals surface area contributed by atoms with Crippen molar-refractivity contribution in [2.24, 2.45) is 0 Å². The summed E-state index contributed by atoms with van der Waals surface area (Å²) in [6, 6.07) is 6.68. The van der Waals surface area contributed by atoms with Gasteiger partial charge in [-0.1, -0.05) is 28.1 Å². The molecule has 0 aromatic heterocycles. The third kappa shape index (κ3) is 1.87. The van der Waals surface area contributed by atoms with Gasteiger partial charge in [0.15, 0.2) is 0 Å². The van der Waals surface area contributed by atoms with E-state index in [1.807, 2.05) is 7.05 Å². The van der Waals surface area contributed by atoms with Crippen LogP contribution in [0.25, 0.3) is 0 Å². The number of nitrogens with one attached hydrogen (secondary N) is 1. The van der Waals surface area contributed by atoms with E-state index in [0.717, 1.165) is 0 Å². The molecule has 0 fully saturated rings. The first-order chi connectivity index (χ1) is 5.66. The first-order valence-electron chi connectivity index (χ1n) is 4.09. The molecular formula is C10H14BrN. The van der Waals surface area contributed by atoms with E-state index in [-0.39, 0.29) is 0 Å². The molecule has 0 radical (unpaired) electrons. The van der Waals surface area contributed by atoms with Gasteiger partial charge in [0.05, 0.1) is 0 Å². The molecule has 1 aromatic carbocycles. The summed E-state index contributed by atoms with van der Waals surface area (Å²) in [5, 5.41) is 3.23. The molecule has 0 bridgehead atoms. The molecule has 1 nitrogen and oxygen atoms in total. The first kappa shape index (κ1) is 9.75. The molecular weight excluding hydrogens is 214 g/mol. The Kier molecular flexibility index (Phi) is 3.29. The molecule has 12 heavy (non-hydrogen) atoms. The van der Waals surface area contributed by atoms with Gasteiger partial charge in [0.1, 0.15) is 0 Å². The fraction of sp³-hybridized carbons (Fsp3) is 0.400. The molecule has 1 N–H and O–H groups in total. The van der Waals surface area contributed by atoms with E-state index in [1.165, 1.54) is 15.6 Å². The predicted molar refractivity (Wildman–Crippen MR) is 56.4 cm³/mol. The zero-order valence-corrected chi connectivity index (χ0v) is 9.27. The number of hydrogen-bond acceptors (Lipinski definition) is 1. The third-order valence-electron chi connectivity index (χ3n) is 2.14. The van der Waals surface area contributed by atoms with Crippen LogP contribution in [0.2, 0.25) is 0 Å². The number of rotatable bonds is 2. The molecule has 0 aliphatic carbocycles. The number of hydrogen-bond donors (Lipinski definition) is 1. The van der Waals surface area contributed by atoms with Crippen molar-refractivity contribution in [2.45, 2.75) is 19.9 Å². The van der Waals surface area contributed by atoms with E-state index in [2.05, 4.69) is 53.3 Å². The highest BCUT2D eigenvalue weighted by atomic mass is 79.9. The van der Waals surface area contributed by atoms with Crippen LogP contribution in [0.1, 0.15) is 24.1 Å². The second kappa shape index (κ2) is 4.06. The van der Waals surface area contributed by atoms with E-state index in [4.69, 9.17) is 0 Å². The van der Waals surface area contributed by atoms with Crippen LogP contribution in [0, 0.1) is 6.92 Å². The van der Waals surface area contributed by atoms with Gasteiger partial charge >= 0.3 is 0 Å². The topological polar surface area (TPSA) is 12.0 Å². The Morgan fingerprint density at radius 1 is 1.42 bits per heavy atom. The quantitative estimate of drug-likeness (QED) is 0.820. The summed E-state index contributed by atoms with van der Waals surface area (Å²) in [6.45, 7) is 4.29. The molecule has 0 amide bonds. The van der Waals surface area contributed by atoms with Crippen LogP contribution in [0.3, 0.4) is 0 Å². The lowest BCUT2D eigenvalue weighted by Crippen LogP contribution is -2.14. The summed E-state index contributed by atoms with van der Waals surface area (Å²) in [5.41, 5.74) is 2.67. The minimum atomic E-state index is 0.403. The van der Waals surface area contributed by atoms with Crippen LogP contribution in [0.5, 0.6) is 0 Å². The second-order valence-corrected chi connectivity index (χ2v) is 3.84. The van der Waals surface area contributed by atoms with Gasteiger partial charge in [0.2, 0.25) is 0 Å². The average molecular weight is 228 g/mol. The van der Waals surface area contributed by atoms with Crippen molar-refractivity contribution >= 4 is 15.9 Å². The van der Waals surface area contributed by atoms with Crippen LogP contribution >= 0.6 is 15.9 Å². The van der Waals surface area contributed by atoms with Gasteiger partial charge in [0, 0.05) is 10.5 Å². The fourth-order valence-electron chi connectivity index (χ4n) is 1.34. The monoisotopic (exact) mass is 227 g/mol. The van der Waals surface area contributed by atoms with Gasteiger partial charge in [-0.3, -0.25) is 0 Å². The molecule has 0 aliphatic heterocycles. The normalized spacial score (nSPS) is 13.0. The van der Waals surface area contributed by atoms with Crippen molar-refractivity contribution in [3.8, 4) is 0 Å². The molecule has 0 saturated heterocycles. The van der Waals surface area contributed by atoms with Crippen LogP contribution in [-0.4, -0.2) is 7.05 Å². The highest BCUT2D eigenvalue weighted by molar-refractivity contribution is 9.10. The number of halogens is 1. The molecule has 1 aromatic rings. The molecule has 66 valence electrons. The fourth-order valence-corrected chi connectivity index (χ4v) is 2.15. The summed E-state index contributed by atoms with van der Waals surface area (Å²) in [4.78, 5) is 0. The Hall–Kier alpha value is -0.340. The van der Waals surface area contributed by atoms with Gasteiger partial charge in [-0.2, -0.15) is 0 Å². The first-order valence-corrected chi connectivity index (χ1v) is 4.88. The number of benzene rings is 1. The van der Waals surface area contributed by atoms with Crippen molar-refractivity contribution in [3.05, 3.63) is 33.8 Å². The summed E-state index contributed by atoms with van der Waals surface area (Å²) >= 11 is 3.55. The van der Waals surface area contributed by atoms with Gasteiger partial charge in [-0.15, -0.1) is 0 Å². The van der Waals surface area contributed by atoms with Crippen molar-refractivity contribution in [2.75, 3.05) is 7.05 Å². The van der Waals surface area contributed by atoms with Gasteiger partial charge in [-0.25, -0.2) is 0 Å².